The average Bonchev–Trinajstić information content (AvgIpc) is 2.53. The van der Waals surface area contributed by atoms with Gasteiger partial charge in [-0.3, -0.25) is 10.1 Å². The number of benzene rings is 2. The summed E-state index contributed by atoms with van der Waals surface area (Å²) < 4.78 is 5.24. The monoisotopic (exact) mass is 296 g/mol. The largest absolute Gasteiger partial charge is 0.422 e. The first-order valence-corrected chi connectivity index (χ1v) is 6.63. The fourth-order valence-corrected chi connectivity index (χ4v) is 2.15. The summed E-state index contributed by atoms with van der Waals surface area (Å²) in [6, 6.07) is 15.1. The van der Waals surface area contributed by atoms with E-state index >= 15 is 0 Å². The van der Waals surface area contributed by atoms with Crippen LogP contribution in [0.25, 0.3) is 11.0 Å². The van der Waals surface area contributed by atoms with Crippen LogP contribution < -0.4 is 10.9 Å². The molecule has 0 aliphatic heterocycles. The van der Waals surface area contributed by atoms with Crippen LogP contribution in [0.15, 0.2) is 63.8 Å². The van der Waals surface area contributed by atoms with E-state index in [1.165, 1.54) is 12.1 Å². The predicted molar refractivity (Wildman–Crippen MR) is 82.9 cm³/mol. The van der Waals surface area contributed by atoms with Crippen molar-refractivity contribution in [2.75, 3.05) is 5.32 Å². The van der Waals surface area contributed by atoms with E-state index in [9.17, 15) is 14.9 Å². The molecule has 0 atom stereocenters. The van der Waals surface area contributed by atoms with Crippen LogP contribution in [0.3, 0.4) is 0 Å². The van der Waals surface area contributed by atoms with Gasteiger partial charge in [-0.25, -0.2) is 4.79 Å². The molecule has 0 radical (unpaired) electrons. The number of non-ortho nitro benzene ring substituents is 1. The molecule has 0 amide bonds. The van der Waals surface area contributed by atoms with Gasteiger partial charge >= 0.3 is 5.63 Å². The maximum atomic E-state index is 11.9. The van der Waals surface area contributed by atoms with Gasteiger partial charge in [0.2, 0.25) is 0 Å². The molecule has 0 aliphatic carbocycles. The second kappa shape index (κ2) is 5.69. The minimum atomic E-state index is -0.463. The summed E-state index contributed by atoms with van der Waals surface area (Å²) in [6.07, 6.45) is 0. The molecule has 0 unspecified atom stereocenters. The van der Waals surface area contributed by atoms with E-state index in [1.807, 2.05) is 12.1 Å². The third kappa shape index (κ3) is 2.80. The Morgan fingerprint density at radius 3 is 2.73 bits per heavy atom. The van der Waals surface area contributed by atoms with Crippen molar-refractivity contribution in [1.29, 1.82) is 0 Å². The highest BCUT2D eigenvalue weighted by molar-refractivity contribution is 5.76. The van der Waals surface area contributed by atoms with Gasteiger partial charge in [0.15, 0.2) is 0 Å². The number of nitro benzene ring substituents is 1. The van der Waals surface area contributed by atoms with Crippen molar-refractivity contribution >= 4 is 22.3 Å². The number of rotatable bonds is 4. The highest BCUT2D eigenvalue weighted by Gasteiger charge is 2.07. The normalized spacial score (nSPS) is 10.5. The van der Waals surface area contributed by atoms with E-state index in [2.05, 4.69) is 5.32 Å². The Hall–Kier alpha value is -3.15. The van der Waals surface area contributed by atoms with Gasteiger partial charge in [0.25, 0.3) is 5.69 Å². The van der Waals surface area contributed by atoms with Crippen LogP contribution in [0.2, 0.25) is 0 Å². The Balaban J connectivity index is 1.85. The number of fused-ring (bicyclic) bond motifs is 1. The standard InChI is InChI=1S/C16H12N2O4/c19-16-12(8-11-4-1-2-7-15(11)22-16)10-17-13-5-3-6-14(9-13)18(20)21/h1-9,17H,10H2. The Labute approximate surface area is 125 Å². The van der Waals surface area contributed by atoms with E-state index in [-0.39, 0.29) is 12.2 Å². The van der Waals surface area contributed by atoms with Gasteiger partial charge in [-0.05, 0) is 18.2 Å². The minimum absolute atomic E-state index is 0.00412. The van der Waals surface area contributed by atoms with Gasteiger partial charge in [-0.1, -0.05) is 24.3 Å². The summed E-state index contributed by atoms with van der Waals surface area (Å²) >= 11 is 0. The minimum Gasteiger partial charge on any atom is -0.422 e. The number of nitrogens with zero attached hydrogens (tertiary/aromatic N) is 1. The Kier molecular flexibility index (Phi) is 3.57. The molecule has 0 fully saturated rings. The molecule has 1 N–H and O–H groups in total. The summed E-state index contributed by atoms with van der Waals surface area (Å²) in [7, 11) is 0. The third-order valence-corrected chi connectivity index (χ3v) is 3.25. The highest BCUT2D eigenvalue weighted by atomic mass is 16.6. The van der Waals surface area contributed by atoms with Gasteiger partial charge in [-0.2, -0.15) is 0 Å². The summed E-state index contributed by atoms with van der Waals surface area (Å²) in [5, 5.41) is 14.6. The SMILES string of the molecule is O=c1oc2ccccc2cc1CNc1cccc([N+](=O)[O-])c1. The molecule has 6 nitrogen and oxygen atoms in total. The predicted octanol–water partition coefficient (Wildman–Crippen LogP) is 3.31. The smallest absolute Gasteiger partial charge is 0.341 e. The molecule has 0 spiro atoms. The van der Waals surface area contributed by atoms with Crippen molar-refractivity contribution < 1.29 is 9.34 Å². The van der Waals surface area contributed by atoms with Crippen LogP contribution in [-0.2, 0) is 6.54 Å². The average molecular weight is 296 g/mol. The molecule has 22 heavy (non-hydrogen) atoms. The number of nitro groups is 1. The second-order valence-electron chi connectivity index (χ2n) is 4.76. The molecule has 2 aromatic carbocycles. The lowest BCUT2D eigenvalue weighted by atomic mass is 10.2. The Morgan fingerprint density at radius 2 is 1.91 bits per heavy atom. The van der Waals surface area contributed by atoms with Gasteiger partial charge in [0.05, 0.1) is 10.5 Å². The van der Waals surface area contributed by atoms with Crippen molar-refractivity contribution in [3.63, 3.8) is 0 Å². The third-order valence-electron chi connectivity index (χ3n) is 3.25. The van der Waals surface area contributed by atoms with E-state index in [1.54, 1.807) is 30.3 Å². The van der Waals surface area contributed by atoms with E-state index in [4.69, 9.17) is 4.42 Å². The number of nitrogens with one attached hydrogen (secondary N) is 1. The molecule has 1 heterocycles. The first-order chi connectivity index (χ1) is 10.6. The molecule has 3 rings (SSSR count). The quantitative estimate of drug-likeness (QED) is 0.453. The van der Waals surface area contributed by atoms with E-state index < -0.39 is 10.5 Å². The topological polar surface area (TPSA) is 85.4 Å². The summed E-state index contributed by atoms with van der Waals surface area (Å²) in [6.45, 7) is 0.230. The van der Waals surface area contributed by atoms with Gasteiger partial charge in [-0.15, -0.1) is 0 Å². The van der Waals surface area contributed by atoms with Crippen LogP contribution in [0.4, 0.5) is 11.4 Å². The van der Waals surface area contributed by atoms with Crippen molar-refractivity contribution in [2.24, 2.45) is 0 Å². The lowest BCUT2D eigenvalue weighted by Crippen LogP contribution is -2.11. The molecule has 3 aromatic rings. The number of para-hydroxylation sites is 1. The van der Waals surface area contributed by atoms with Gasteiger partial charge in [0, 0.05) is 29.8 Å². The molecule has 6 heteroatoms. The fraction of sp³-hybridized carbons (Fsp3) is 0.0625. The molecular formula is C16H12N2O4. The molecule has 0 saturated heterocycles. The fourth-order valence-electron chi connectivity index (χ4n) is 2.15. The molecule has 0 saturated carbocycles. The summed E-state index contributed by atoms with van der Waals surface area (Å²) in [5.41, 5.74) is 1.14. The maximum Gasteiger partial charge on any atom is 0.341 e. The first kappa shape index (κ1) is 13.8. The van der Waals surface area contributed by atoms with E-state index in [0.29, 0.717) is 16.8 Å². The van der Waals surface area contributed by atoms with Crippen molar-refractivity contribution in [3.8, 4) is 0 Å². The van der Waals surface area contributed by atoms with Gasteiger partial charge < -0.3 is 9.73 Å². The lowest BCUT2D eigenvalue weighted by Gasteiger charge is -2.06. The van der Waals surface area contributed by atoms with Crippen LogP contribution in [-0.4, -0.2) is 4.92 Å². The van der Waals surface area contributed by atoms with Crippen LogP contribution in [0.5, 0.6) is 0 Å². The van der Waals surface area contributed by atoms with Crippen LogP contribution in [0, 0.1) is 10.1 Å². The maximum absolute atomic E-state index is 11.9. The molecule has 1 aromatic heterocycles. The molecular weight excluding hydrogens is 284 g/mol. The Bertz CT molecular complexity index is 902. The lowest BCUT2D eigenvalue weighted by molar-refractivity contribution is -0.384. The number of anilines is 1. The highest BCUT2D eigenvalue weighted by Crippen LogP contribution is 2.18. The molecule has 0 aliphatic rings. The zero-order valence-electron chi connectivity index (χ0n) is 11.5. The van der Waals surface area contributed by atoms with Crippen molar-refractivity contribution in [1.82, 2.24) is 0 Å². The molecule has 110 valence electrons. The second-order valence-corrected chi connectivity index (χ2v) is 4.76. The number of hydrogen-bond donors (Lipinski definition) is 1. The number of hydrogen-bond acceptors (Lipinski definition) is 5. The molecule has 0 bridgehead atoms. The Morgan fingerprint density at radius 1 is 1.09 bits per heavy atom. The van der Waals surface area contributed by atoms with Gasteiger partial charge in [0.1, 0.15) is 5.58 Å². The zero-order valence-corrected chi connectivity index (χ0v) is 11.5. The van der Waals surface area contributed by atoms with Crippen LogP contribution >= 0.6 is 0 Å². The van der Waals surface area contributed by atoms with Crippen LogP contribution in [0.1, 0.15) is 5.56 Å². The first-order valence-electron chi connectivity index (χ1n) is 6.63. The van der Waals surface area contributed by atoms with Crippen molar-refractivity contribution in [3.05, 3.63) is 80.7 Å². The van der Waals surface area contributed by atoms with Crippen molar-refractivity contribution in [2.45, 2.75) is 6.54 Å². The zero-order chi connectivity index (χ0) is 15.5. The summed E-state index contributed by atoms with van der Waals surface area (Å²) in [5.74, 6) is 0. The van der Waals surface area contributed by atoms with E-state index in [0.717, 1.165) is 5.39 Å². The summed E-state index contributed by atoms with van der Waals surface area (Å²) in [4.78, 5) is 22.2.